The molecule has 1 aliphatic rings. The van der Waals surface area contributed by atoms with Crippen molar-refractivity contribution in [3.63, 3.8) is 0 Å². The van der Waals surface area contributed by atoms with E-state index in [0.29, 0.717) is 0 Å². The second kappa shape index (κ2) is 13.6. The highest BCUT2D eigenvalue weighted by Crippen LogP contribution is 2.28. The Morgan fingerprint density at radius 3 is 1.87 bits per heavy atom. The number of rotatable bonds is 16. The first-order valence-corrected chi connectivity index (χ1v) is 9.76. The number of carbonyl (C=O) groups excluding carboxylic acids is 1. The number of hydrogen-bond donors (Lipinski definition) is 0. The van der Waals surface area contributed by atoms with Gasteiger partial charge in [0.25, 0.3) is 0 Å². The van der Waals surface area contributed by atoms with Crippen LogP contribution < -0.4 is 0 Å². The zero-order valence-corrected chi connectivity index (χ0v) is 15.1. The van der Waals surface area contributed by atoms with Crippen molar-refractivity contribution in [3.8, 4) is 0 Å². The van der Waals surface area contributed by atoms with Crippen molar-refractivity contribution in [3.05, 3.63) is 12.8 Å². The van der Waals surface area contributed by atoms with Crippen LogP contribution in [-0.2, 0) is 14.3 Å². The number of carbonyl (C=O) groups is 1. The molecule has 0 bridgehead atoms. The van der Waals surface area contributed by atoms with Crippen molar-refractivity contribution in [2.24, 2.45) is 0 Å². The van der Waals surface area contributed by atoms with Gasteiger partial charge in [-0.3, -0.25) is 0 Å². The van der Waals surface area contributed by atoms with Gasteiger partial charge in [0, 0.05) is 0 Å². The third kappa shape index (κ3) is 10.5. The van der Waals surface area contributed by atoms with Crippen LogP contribution in [0.1, 0.15) is 96.8 Å². The molecule has 0 N–H and O–H groups in total. The van der Waals surface area contributed by atoms with E-state index in [9.17, 15) is 4.79 Å². The van der Waals surface area contributed by atoms with Crippen molar-refractivity contribution in [1.82, 2.24) is 0 Å². The molecule has 3 heteroatoms. The molecule has 134 valence electrons. The number of ether oxygens (including phenoxy) is 2. The maximum absolute atomic E-state index is 11.3. The summed E-state index contributed by atoms with van der Waals surface area (Å²) in [5.41, 5.74) is 0. The van der Waals surface area contributed by atoms with Crippen molar-refractivity contribution >= 4 is 5.97 Å². The molecule has 0 aliphatic carbocycles. The predicted molar refractivity (Wildman–Crippen MR) is 95.3 cm³/mol. The predicted octanol–water partition coefficient (Wildman–Crippen LogP) is 5.92. The van der Waals surface area contributed by atoms with E-state index in [-0.39, 0.29) is 18.2 Å². The Morgan fingerprint density at radius 2 is 1.39 bits per heavy atom. The average Bonchev–Trinajstić information content (AvgIpc) is 3.32. The van der Waals surface area contributed by atoms with Crippen LogP contribution in [0.15, 0.2) is 12.8 Å². The van der Waals surface area contributed by atoms with Gasteiger partial charge in [-0.15, -0.1) is 0 Å². The van der Waals surface area contributed by atoms with Gasteiger partial charge in [-0.2, -0.15) is 0 Å². The molecule has 3 nitrogen and oxygen atoms in total. The number of unbranched alkanes of at least 4 members (excludes halogenated alkanes) is 12. The third-order valence-corrected chi connectivity index (χ3v) is 4.61. The van der Waals surface area contributed by atoms with Gasteiger partial charge in [-0.05, 0) is 6.42 Å². The molecule has 1 fully saturated rings. The summed E-state index contributed by atoms with van der Waals surface area (Å²) in [4.78, 5) is 11.3. The van der Waals surface area contributed by atoms with Crippen LogP contribution in [0.25, 0.3) is 0 Å². The fourth-order valence-electron chi connectivity index (χ4n) is 3.08. The largest absolute Gasteiger partial charge is 0.433 e. The van der Waals surface area contributed by atoms with E-state index in [1.165, 1.54) is 83.3 Å². The van der Waals surface area contributed by atoms with Crippen molar-refractivity contribution in [2.75, 3.05) is 0 Å². The van der Waals surface area contributed by atoms with Gasteiger partial charge in [0.1, 0.15) is 0 Å². The molecule has 1 saturated heterocycles. The summed E-state index contributed by atoms with van der Waals surface area (Å²) in [6.07, 6.45) is 19.6. The highest BCUT2D eigenvalue weighted by molar-refractivity contribution is 5.78. The zero-order chi connectivity index (χ0) is 16.8. The van der Waals surface area contributed by atoms with E-state index in [4.69, 9.17) is 9.47 Å². The van der Waals surface area contributed by atoms with Crippen LogP contribution in [0.4, 0.5) is 0 Å². The van der Waals surface area contributed by atoms with E-state index in [1.807, 2.05) is 0 Å². The van der Waals surface area contributed by atoms with Crippen LogP contribution in [0.2, 0.25) is 0 Å². The molecule has 2 atom stereocenters. The zero-order valence-electron chi connectivity index (χ0n) is 15.1. The maximum atomic E-state index is 11.3. The van der Waals surface area contributed by atoms with Crippen molar-refractivity contribution < 1.29 is 14.3 Å². The van der Waals surface area contributed by atoms with E-state index in [2.05, 4.69) is 13.5 Å². The van der Waals surface area contributed by atoms with E-state index in [0.717, 1.165) is 12.8 Å². The summed E-state index contributed by atoms with van der Waals surface area (Å²) in [5, 5.41) is 0. The van der Waals surface area contributed by atoms with Gasteiger partial charge in [0.05, 0.1) is 12.4 Å². The average molecular weight is 325 g/mol. The standard InChI is InChI=1S/C20H36O3/c1-3-5-6-7-8-9-10-11-12-13-14-15-16-17-18-19(23-18)20(21)22-4-2/h4,18-19H,2-3,5-17H2,1H3. The highest BCUT2D eigenvalue weighted by Gasteiger charge is 2.45. The van der Waals surface area contributed by atoms with Crippen LogP contribution >= 0.6 is 0 Å². The minimum atomic E-state index is -0.328. The van der Waals surface area contributed by atoms with Gasteiger partial charge in [-0.25, -0.2) is 4.79 Å². The van der Waals surface area contributed by atoms with E-state index in [1.54, 1.807) is 0 Å². The van der Waals surface area contributed by atoms with E-state index >= 15 is 0 Å². The number of epoxide rings is 1. The third-order valence-electron chi connectivity index (χ3n) is 4.61. The Kier molecular flexibility index (Phi) is 11.9. The molecular formula is C20H36O3. The first-order valence-electron chi connectivity index (χ1n) is 9.76. The lowest BCUT2D eigenvalue weighted by molar-refractivity contribution is -0.139. The molecule has 0 radical (unpaired) electrons. The van der Waals surface area contributed by atoms with Crippen molar-refractivity contribution in [2.45, 2.75) is 109 Å². The van der Waals surface area contributed by atoms with Crippen LogP contribution in [0, 0.1) is 0 Å². The Hall–Kier alpha value is -0.830. The summed E-state index contributed by atoms with van der Waals surface area (Å²) in [5.74, 6) is -0.292. The molecule has 23 heavy (non-hydrogen) atoms. The summed E-state index contributed by atoms with van der Waals surface area (Å²) in [7, 11) is 0. The van der Waals surface area contributed by atoms with Gasteiger partial charge in [-0.1, -0.05) is 97.0 Å². The lowest BCUT2D eigenvalue weighted by Gasteiger charge is -2.02. The monoisotopic (exact) mass is 324 g/mol. The summed E-state index contributed by atoms with van der Waals surface area (Å²) in [6, 6.07) is 0. The summed E-state index contributed by atoms with van der Waals surface area (Å²) >= 11 is 0. The minimum Gasteiger partial charge on any atom is -0.433 e. The molecule has 2 unspecified atom stereocenters. The van der Waals surface area contributed by atoms with Gasteiger partial charge >= 0.3 is 5.97 Å². The van der Waals surface area contributed by atoms with Gasteiger partial charge < -0.3 is 9.47 Å². The first-order chi connectivity index (χ1) is 11.3. The molecule has 1 heterocycles. The molecule has 0 spiro atoms. The Balaban J connectivity index is 1.74. The van der Waals surface area contributed by atoms with E-state index < -0.39 is 0 Å². The Morgan fingerprint density at radius 1 is 0.913 bits per heavy atom. The minimum absolute atomic E-state index is 0.0927. The van der Waals surface area contributed by atoms with Crippen LogP contribution in [0.5, 0.6) is 0 Å². The molecule has 0 aromatic carbocycles. The second-order valence-corrected chi connectivity index (χ2v) is 6.73. The molecule has 0 aromatic heterocycles. The molecule has 0 amide bonds. The smallest absolute Gasteiger partial charge is 0.342 e. The summed E-state index contributed by atoms with van der Waals surface area (Å²) in [6.45, 7) is 5.65. The lowest BCUT2D eigenvalue weighted by Crippen LogP contribution is -2.10. The molecule has 1 rings (SSSR count). The quantitative estimate of drug-likeness (QED) is 0.153. The van der Waals surface area contributed by atoms with Crippen molar-refractivity contribution in [1.29, 1.82) is 0 Å². The van der Waals surface area contributed by atoms with Gasteiger partial charge in [0.2, 0.25) is 0 Å². The number of esters is 1. The highest BCUT2D eigenvalue weighted by atomic mass is 16.6. The summed E-state index contributed by atoms with van der Waals surface area (Å²) < 4.78 is 10.0. The topological polar surface area (TPSA) is 38.8 Å². The Bertz CT molecular complexity index is 314. The SMILES string of the molecule is C=COC(=O)C1OC1CCCCCCCCCCCCCCC. The van der Waals surface area contributed by atoms with Crippen LogP contribution in [0.3, 0.4) is 0 Å². The first kappa shape index (κ1) is 20.2. The molecular weight excluding hydrogens is 288 g/mol. The van der Waals surface area contributed by atoms with Gasteiger partial charge in [0.15, 0.2) is 6.10 Å². The fraction of sp³-hybridized carbons (Fsp3) is 0.850. The molecule has 0 aromatic rings. The fourth-order valence-corrected chi connectivity index (χ4v) is 3.08. The molecule has 0 saturated carbocycles. The lowest BCUT2D eigenvalue weighted by atomic mass is 10.0. The Labute approximate surface area is 142 Å². The van der Waals surface area contributed by atoms with Crippen LogP contribution in [-0.4, -0.2) is 18.2 Å². The second-order valence-electron chi connectivity index (χ2n) is 6.73. The maximum Gasteiger partial charge on any atom is 0.342 e. The normalized spacial score (nSPS) is 19.5. The molecule has 1 aliphatic heterocycles. The number of hydrogen-bond acceptors (Lipinski definition) is 3.